The number of ether oxygens (including phenoxy) is 2. The number of anilines is 1. The fourth-order valence-corrected chi connectivity index (χ4v) is 3.10. The van der Waals surface area contributed by atoms with Gasteiger partial charge in [0.1, 0.15) is 5.60 Å². The van der Waals surface area contributed by atoms with Crippen molar-refractivity contribution in [1.29, 1.82) is 0 Å². The summed E-state index contributed by atoms with van der Waals surface area (Å²) in [6.07, 6.45) is 1.79. The highest BCUT2D eigenvalue weighted by Gasteiger charge is 2.28. The Morgan fingerprint density at radius 1 is 1.39 bits per heavy atom. The lowest BCUT2D eigenvalue weighted by atomic mass is 9.97. The SMILES string of the molecule is CC(C)(C)OC(=O)N1CCCc2cc(C3CNCCO3)ccc21. The van der Waals surface area contributed by atoms with Crippen LogP contribution in [0.25, 0.3) is 0 Å². The summed E-state index contributed by atoms with van der Waals surface area (Å²) in [5.41, 5.74) is 2.88. The van der Waals surface area contributed by atoms with Gasteiger partial charge < -0.3 is 14.8 Å². The van der Waals surface area contributed by atoms with Gasteiger partial charge in [-0.15, -0.1) is 0 Å². The number of benzene rings is 1. The molecule has 5 heteroatoms. The second kappa shape index (κ2) is 6.49. The molecule has 126 valence electrons. The van der Waals surface area contributed by atoms with Gasteiger partial charge in [-0.25, -0.2) is 4.79 Å². The molecule has 1 aromatic rings. The number of morpholine rings is 1. The standard InChI is InChI=1S/C18H26N2O3/c1-18(2,3)23-17(21)20-9-4-5-13-11-14(6-7-15(13)20)16-12-19-8-10-22-16/h6-7,11,16,19H,4-5,8-10,12H2,1-3H3. The van der Waals surface area contributed by atoms with Gasteiger partial charge in [-0.3, -0.25) is 4.90 Å². The predicted octanol–water partition coefficient (Wildman–Crippen LogP) is 3.04. The van der Waals surface area contributed by atoms with Gasteiger partial charge in [0.15, 0.2) is 0 Å². The number of nitrogens with one attached hydrogen (secondary N) is 1. The molecule has 3 rings (SSSR count). The zero-order valence-corrected chi connectivity index (χ0v) is 14.2. The van der Waals surface area contributed by atoms with Gasteiger partial charge in [0.05, 0.1) is 18.4 Å². The Bertz CT molecular complexity index is 574. The van der Waals surface area contributed by atoms with Crippen molar-refractivity contribution in [2.24, 2.45) is 0 Å². The summed E-state index contributed by atoms with van der Waals surface area (Å²) in [4.78, 5) is 14.2. The van der Waals surface area contributed by atoms with Gasteiger partial charge in [0.2, 0.25) is 0 Å². The maximum Gasteiger partial charge on any atom is 0.414 e. The third kappa shape index (κ3) is 3.85. The van der Waals surface area contributed by atoms with Crippen LogP contribution in [0.1, 0.15) is 44.4 Å². The van der Waals surface area contributed by atoms with Gasteiger partial charge in [-0.1, -0.05) is 12.1 Å². The van der Waals surface area contributed by atoms with Crippen molar-refractivity contribution in [1.82, 2.24) is 5.32 Å². The van der Waals surface area contributed by atoms with E-state index in [1.807, 2.05) is 26.8 Å². The van der Waals surface area contributed by atoms with Crippen molar-refractivity contribution >= 4 is 11.8 Å². The summed E-state index contributed by atoms with van der Waals surface area (Å²) in [5, 5.41) is 3.36. The molecule has 1 N–H and O–H groups in total. The fourth-order valence-electron chi connectivity index (χ4n) is 3.10. The molecule has 1 aromatic carbocycles. The molecule has 1 amide bonds. The van der Waals surface area contributed by atoms with E-state index < -0.39 is 5.60 Å². The molecule has 23 heavy (non-hydrogen) atoms. The van der Waals surface area contributed by atoms with Crippen LogP contribution in [0.2, 0.25) is 0 Å². The van der Waals surface area contributed by atoms with E-state index in [-0.39, 0.29) is 12.2 Å². The Kier molecular flexibility index (Phi) is 4.60. The van der Waals surface area contributed by atoms with E-state index in [1.54, 1.807) is 4.90 Å². The average Bonchev–Trinajstić information content (AvgIpc) is 2.53. The molecule has 5 nitrogen and oxygen atoms in total. The fraction of sp³-hybridized carbons (Fsp3) is 0.611. The van der Waals surface area contributed by atoms with E-state index >= 15 is 0 Å². The highest BCUT2D eigenvalue weighted by molar-refractivity contribution is 5.89. The summed E-state index contributed by atoms with van der Waals surface area (Å²) in [5.74, 6) is 0. The second-order valence-electron chi connectivity index (χ2n) is 7.19. The number of aryl methyl sites for hydroxylation is 1. The van der Waals surface area contributed by atoms with E-state index in [4.69, 9.17) is 9.47 Å². The zero-order valence-electron chi connectivity index (χ0n) is 14.2. The summed E-state index contributed by atoms with van der Waals surface area (Å²) in [7, 11) is 0. The van der Waals surface area contributed by atoms with Crippen molar-refractivity contribution < 1.29 is 14.3 Å². The molecule has 0 bridgehead atoms. The van der Waals surface area contributed by atoms with Crippen LogP contribution in [-0.4, -0.2) is 37.9 Å². The van der Waals surface area contributed by atoms with Crippen LogP contribution in [0, 0.1) is 0 Å². The molecule has 0 aromatic heterocycles. The average molecular weight is 318 g/mol. The first-order valence-corrected chi connectivity index (χ1v) is 8.40. The number of hydrogen-bond donors (Lipinski definition) is 1. The number of carbonyl (C=O) groups is 1. The van der Waals surface area contributed by atoms with Crippen molar-refractivity contribution in [2.45, 2.75) is 45.3 Å². The Balaban J connectivity index is 1.81. The van der Waals surface area contributed by atoms with Gasteiger partial charge in [-0.05, 0) is 50.8 Å². The highest BCUT2D eigenvalue weighted by Crippen LogP contribution is 2.32. The summed E-state index contributed by atoms with van der Waals surface area (Å²) in [6, 6.07) is 6.29. The molecule has 0 radical (unpaired) electrons. The predicted molar refractivity (Wildman–Crippen MR) is 89.9 cm³/mol. The van der Waals surface area contributed by atoms with Crippen LogP contribution in [0.15, 0.2) is 18.2 Å². The molecular formula is C18H26N2O3. The van der Waals surface area contributed by atoms with Gasteiger partial charge >= 0.3 is 6.09 Å². The number of carbonyl (C=O) groups excluding carboxylic acids is 1. The lowest BCUT2D eigenvalue weighted by Gasteiger charge is -2.32. The molecule has 2 aliphatic heterocycles. The lowest BCUT2D eigenvalue weighted by molar-refractivity contribution is 0.0276. The third-order valence-electron chi connectivity index (χ3n) is 4.14. The normalized spacial score (nSPS) is 21.7. The molecule has 2 heterocycles. The van der Waals surface area contributed by atoms with Crippen molar-refractivity contribution in [3.8, 4) is 0 Å². The zero-order chi connectivity index (χ0) is 16.4. The summed E-state index contributed by atoms with van der Waals surface area (Å²) in [6.45, 7) is 8.89. The van der Waals surface area contributed by atoms with E-state index in [9.17, 15) is 4.79 Å². The Labute approximate surface area is 137 Å². The quantitative estimate of drug-likeness (QED) is 0.865. The van der Waals surface area contributed by atoms with Gasteiger partial charge in [0.25, 0.3) is 0 Å². The highest BCUT2D eigenvalue weighted by atomic mass is 16.6. The van der Waals surface area contributed by atoms with E-state index in [0.29, 0.717) is 6.54 Å². The topological polar surface area (TPSA) is 50.8 Å². The minimum absolute atomic E-state index is 0.103. The first-order valence-electron chi connectivity index (χ1n) is 8.40. The number of amides is 1. The molecule has 0 saturated carbocycles. The first-order chi connectivity index (χ1) is 10.9. The number of fused-ring (bicyclic) bond motifs is 1. The van der Waals surface area contributed by atoms with E-state index in [2.05, 4.69) is 17.4 Å². The molecule has 2 aliphatic rings. The smallest absolute Gasteiger partial charge is 0.414 e. The van der Waals surface area contributed by atoms with Gasteiger partial charge in [0, 0.05) is 19.6 Å². The summed E-state index contributed by atoms with van der Waals surface area (Å²) < 4.78 is 11.4. The van der Waals surface area contributed by atoms with E-state index in [0.717, 1.165) is 38.2 Å². The molecule has 0 spiro atoms. The first kappa shape index (κ1) is 16.3. The van der Waals surface area contributed by atoms with Crippen LogP contribution >= 0.6 is 0 Å². The van der Waals surface area contributed by atoms with Crippen LogP contribution < -0.4 is 10.2 Å². The largest absolute Gasteiger partial charge is 0.443 e. The maximum atomic E-state index is 12.4. The monoisotopic (exact) mass is 318 g/mol. The molecule has 1 fully saturated rings. The molecule has 1 unspecified atom stereocenters. The minimum Gasteiger partial charge on any atom is -0.443 e. The molecular weight excluding hydrogens is 292 g/mol. The minimum atomic E-state index is -0.476. The van der Waals surface area contributed by atoms with Crippen LogP contribution in [0.3, 0.4) is 0 Å². The Hall–Kier alpha value is -1.59. The van der Waals surface area contributed by atoms with Crippen molar-refractivity contribution in [3.63, 3.8) is 0 Å². The number of rotatable bonds is 1. The number of hydrogen-bond acceptors (Lipinski definition) is 4. The summed E-state index contributed by atoms with van der Waals surface area (Å²) >= 11 is 0. The van der Waals surface area contributed by atoms with Gasteiger partial charge in [-0.2, -0.15) is 0 Å². The molecule has 1 saturated heterocycles. The van der Waals surface area contributed by atoms with Crippen LogP contribution in [0.5, 0.6) is 0 Å². The lowest BCUT2D eigenvalue weighted by Crippen LogP contribution is -2.40. The third-order valence-corrected chi connectivity index (χ3v) is 4.14. The van der Waals surface area contributed by atoms with E-state index in [1.165, 1.54) is 11.1 Å². The molecule has 1 atom stereocenters. The Morgan fingerprint density at radius 2 is 2.22 bits per heavy atom. The second-order valence-corrected chi connectivity index (χ2v) is 7.19. The van der Waals surface area contributed by atoms with Crippen molar-refractivity contribution in [2.75, 3.05) is 31.1 Å². The van der Waals surface area contributed by atoms with Crippen LogP contribution in [0.4, 0.5) is 10.5 Å². The number of nitrogens with zero attached hydrogens (tertiary/aromatic N) is 1. The van der Waals surface area contributed by atoms with Crippen molar-refractivity contribution in [3.05, 3.63) is 29.3 Å². The maximum absolute atomic E-state index is 12.4. The van der Waals surface area contributed by atoms with Crippen LogP contribution in [-0.2, 0) is 15.9 Å². The molecule has 0 aliphatic carbocycles. The Morgan fingerprint density at radius 3 is 2.91 bits per heavy atom.